The maximum absolute atomic E-state index is 12.0. The first-order chi connectivity index (χ1) is 7.90. The summed E-state index contributed by atoms with van der Waals surface area (Å²) in [6, 6.07) is 1.85. The second-order valence-corrected chi connectivity index (χ2v) is 6.72. The number of hydrogen-bond acceptors (Lipinski definition) is 4. The summed E-state index contributed by atoms with van der Waals surface area (Å²) in [7, 11) is -1.36. The van der Waals surface area contributed by atoms with Gasteiger partial charge in [-0.25, -0.2) is 8.42 Å². The summed E-state index contributed by atoms with van der Waals surface area (Å²) in [6.45, 7) is 4.10. The molecule has 1 atom stereocenters. The minimum absolute atomic E-state index is 0.0394. The molecule has 1 aromatic rings. The van der Waals surface area contributed by atoms with E-state index in [1.165, 1.54) is 0 Å². The van der Waals surface area contributed by atoms with Gasteiger partial charge >= 0.3 is 0 Å². The summed E-state index contributed by atoms with van der Waals surface area (Å²) in [5.41, 5.74) is 7.05. The summed E-state index contributed by atoms with van der Waals surface area (Å²) in [6.07, 6.45) is 1.31. The highest BCUT2D eigenvalue weighted by atomic mass is 32.2. The first-order valence-electron chi connectivity index (χ1n) is 5.84. The Balaban J connectivity index is 2.86. The van der Waals surface area contributed by atoms with Crippen LogP contribution in [0, 0.1) is 0 Å². The summed E-state index contributed by atoms with van der Waals surface area (Å²) in [5.74, 6) is 0.0394. The molecule has 1 aromatic heterocycles. The number of aryl methyl sites for hydroxylation is 2. The normalized spacial score (nSPS) is 13.9. The minimum Gasteiger partial charge on any atom is -0.330 e. The third-order valence-corrected chi connectivity index (χ3v) is 5.08. The zero-order valence-electron chi connectivity index (χ0n) is 10.7. The van der Waals surface area contributed by atoms with Gasteiger partial charge in [-0.3, -0.25) is 4.68 Å². The van der Waals surface area contributed by atoms with E-state index in [2.05, 4.69) is 5.10 Å². The summed E-state index contributed by atoms with van der Waals surface area (Å²) in [4.78, 5) is 0. The Morgan fingerprint density at radius 1 is 1.53 bits per heavy atom. The lowest BCUT2D eigenvalue weighted by Gasteiger charge is -2.11. The number of rotatable bonds is 6. The van der Waals surface area contributed by atoms with Gasteiger partial charge in [-0.05, 0) is 32.4 Å². The number of hydrogen-bond donors (Lipinski definition) is 1. The van der Waals surface area contributed by atoms with Crippen LogP contribution in [-0.4, -0.2) is 30.0 Å². The van der Waals surface area contributed by atoms with Crippen LogP contribution in [0.25, 0.3) is 0 Å². The monoisotopic (exact) mass is 259 g/mol. The topological polar surface area (TPSA) is 78.0 Å². The van der Waals surface area contributed by atoms with Crippen LogP contribution in [0.2, 0.25) is 0 Å². The lowest BCUT2D eigenvalue weighted by molar-refractivity contribution is 0.574. The molecule has 0 fully saturated rings. The van der Waals surface area contributed by atoms with Crippen molar-refractivity contribution >= 4 is 9.84 Å². The first kappa shape index (κ1) is 14.2. The smallest absolute Gasteiger partial charge is 0.158 e. The Morgan fingerprint density at radius 3 is 2.65 bits per heavy atom. The first-order valence-corrected chi connectivity index (χ1v) is 7.55. The zero-order chi connectivity index (χ0) is 13.1. The average Bonchev–Trinajstić information content (AvgIpc) is 2.59. The lowest BCUT2D eigenvalue weighted by atomic mass is 10.3. The Morgan fingerprint density at radius 2 is 2.18 bits per heavy atom. The van der Waals surface area contributed by atoms with E-state index in [1.54, 1.807) is 18.7 Å². The fraction of sp³-hybridized carbons (Fsp3) is 0.727. The van der Waals surface area contributed by atoms with E-state index in [0.717, 1.165) is 17.8 Å². The van der Waals surface area contributed by atoms with Crippen molar-refractivity contribution in [3.8, 4) is 0 Å². The second kappa shape index (κ2) is 5.64. The molecular formula is C11H21N3O2S. The van der Waals surface area contributed by atoms with E-state index < -0.39 is 15.1 Å². The molecule has 0 spiro atoms. The van der Waals surface area contributed by atoms with Gasteiger partial charge in [0.2, 0.25) is 0 Å². The predicted octanol–water partition coefficient (Wildman–Crippen LogP) is 0.635. The van der Waals surface area contributed by atoms with Gasteiger partial charge in [0.05, 0.1) is 22.4 Å². The maximum atomic E-state index is 12.0. The van der Waals surface area contributed by atoms with Gasteiger partial charge in [-0.2, -0.15) is 5.10 Å². The second-order valence-electron chi connectivity index (χ2n) is 4.30. The SMILES string of the molecule is CCc1cc(CS(=O)(=O)C(C)CCN)n(C)n1. The fourth-order valence-corrected chi connectivity index (χ4v) is 3.10. The molecule has 0 aromatic carbocycles. The highest BCUT2D eigenvalue weighted by Gasteiger charge is 2.22. The molecule has 0 amide bonds. The number of nitrogens with zero attached hydrogens (tertiary/aromatic N) is 2. The van der Waals surface area contributed by atoms with E-state index in [0.29, 0.717) is 13.0 Å². The van der Waals surface area contributed by atoms with Crippen LogP contribution in [0.4, 0.5) is 0 Å². The maximum Gasteiger partial charge on any atom is 0.158 e. The van der Waals surface area contributed by atoms with Crippen LogP contribution in [0.1, 0.15) is 31.7 Å². The third kappa shape index (κ3) is 3.54. The molecule has 1 unspecified atom stereocenters. The summed E-state index contributed by atoms with van der Waals surface area (Å²) in [5, 5.41) is 3.85. The standard InChI is InChI=1S/C11H21N3O2S/c1-4-10-7-11(14(3)13-10)8-17(15,16)9(2)5-6-12/h7,9H,4-6,8,12H2,1-3H3. The van der Waals surface area contributed by atoms with Gasteiger partial charge in [-0.1, -0.05) is 6.92 Å². The summed E-state index contributed by atoms with van der Waals surface area (Å²) < 4.78 is 25.7. The predicted molar refractivity (Wildman–Crippen MR) is 68.3 cm³/mol. The third-order valence-electron chi connectivity index (χ3n) is 2.92. The lowest BCUT2D eigenvalue weighted by Crippen LogP contribution is -2.23. The van der Waals surface area contributed by atoms with E-state index in [4.69, 9.17) is 5.73 Å². The van der Waals surface area contributed by atoms with E-state index in [-0.39, 0.29) is 5.75 Å². The highest BCUT2D eigenvalue weighted by molar-refractivity contribution is 7.91. The molecule has 6 heteroatoms. The van der Waals surface area contributed by atoms with E-state index in [9.17, 15) is 8.42 Å². The quantitative estimate of drug-likeness (QED) is 0.813. The minimum atomic E-state index is -3.13. The van der Waals surface area contributed by atoms with Crippen molar-refractivity contribution in [2.75, 3.05) is 6.54 Å². The van der Waals surface area contributed by atoms with Crippen molar-refractivity contribution in [3.63, 3.8) is 0 Å². The van der Waals surface area contributed by atoms with Crippen molar-refractivity contribution in [1.29, 1.82) is 0 Å². The largest absolute Gasteiger partial charge is 0.330 e. The van der Waals surface area contributed by atoms with Crippen LogP contribution < -0.4 is 5.73 Å². The Bertz CT molecular complexity index is 465. The Hall–Kier alpha value is -0.880. The summed E-state index contributed by atoms with van der Waals surface area (Å²) >= 11 is 0. The Labute approximate surface area is 103 Å². The van der Waals surface area contributed by atoms with Crippen molar-refractivity contribution in [2.24, 2.45) is 12.8 Å². The molecule has 0 aliphatic rings. The molecule has 98 valence electrons. The molecule has 0 saturated carbocycles. The van der Waals surface area contributed by atoms with Crippen molar-refractivity contribution in [1.82, 2.24) is 9.78 Å². The van der Waals surface area contributed by atoms with Crippen molar-refractivity contribution < 1.29 is 8.42 Å². The highest BCUT2D eigenvalue weighted by Crippen LogP contribution is 2.14. The number of nitrogens with two attached hydrogens (primary N) is 1. The van der Waals surface area contributed by atoms with Crippen LogP contribution >= 0.6 is 0 Å². The molecule has 5 nitrogen and oxygen atoms in total. The molecule has 2 N–H and O–H groups in total. The van der Waals surface area contributed by atoms with Gasteiger partial charge < -0.3 is 5.73 Å². The fourth-order valence-electron chi connectivity index (χ4n) is 1.64. The van der Waals surface area contributed by atoms with Crippen molar-refractivity contribution in [2.45, 2.75) is 37.7 Å². The van der Waals surface area contributed by atoms with Crippen LogP contribution in [0.5, 0.6) is 0 Å². The molecule has 17 heavy (non-hydrogen) atoms. The zero-order valence-corrected chi connectivity index (χ0v) is 11.5. The van der Waals surface area contributed by atoms with E-state index >= 15 is 0 Å². The van der Waals surface area contributed by atoms with Gasteiger partial charge in [-0.15, -0.1) is 0 Å². The van der Waals surface area contributed by atoms with Gasteiger partial charge in [0.25, 0.3) is 0 Å². The molecule has 0 saturated heterocycles. The molecule has 0 bridgehead atoms. The van der Waals surface area contributed by atoms with Crippen LogP contribution in [0.15, 0.2) is 6.07 Å². The van der Waals surface area contributed by atoms with Gasteiger partial charge in [0.1, 0.15) is 0 Å². The van der Waals surface area contributed by atoms with Gasteiger partial charge in [0, 0.05) is 7.05 Å². The Kier molecular flexibility index (Phi) is 4.70. The molecule has 0 aliphatic heterocycles. The van der Waals surface area contributed by atoms with Crippen molar-refractivity contribution in [3.05, 3.63) is 17.5 Å². The molecular weight excluding hydrogens is 238 g/mol. The van der Waals surface area contributed by atoms with E-state index in [1.807, 2.05) is 13.0 Å². The molecule has 0 radical (unpaired) electrons. The number of aromatic nitrogens is 2. The van der Waals surface area contributed by atoms with Crippen LogP contribution in [0.3, 0.4) is 0 Å². The molecule has 1 rings (SSSR count). The molecule has 0 aliphatic carbocycles. The average molecular weight is 259 g/mol. The molecule has 1 heterocycles. The van der Waals surface area contributed by atoms with Crippen LogP contribution in [-0.2, 0) is 29.1 Å². The van der Waals surface area contributed by atoms with Gasteiger partial charge in [0.15, 0.2) is 9.84 Å². The number of sulfone groups is 1.